The van der Waals surface area contributed by atoms with Crippen LogP contribution in [0.3, 0.4) is 0 Å². The normalized spacial score (nSPS) is 15.7. The van der Waals surface area contributed by atoms with E-state index in [-0.39, 0.29) is 46.4 Å². The number of hydrogen-bond donors (Lipinski definition) is 2. The van der Waals surface area contributed by atoms with Crippen LogP contribution in [0.1, 0.15) is 25.7 Å². The molecule has 0 saturated heterocycles. The first-order valence-corrected chi connectivity index (χ1v) is 16.9. The van der Waals surface area contributed by atoms with Gasteiger partial charge in [-0.05, 0) is 92.6 Å². The van der Waals surface area contributed by atoms with E-state index >= 15 is 0 Å². The van der Waals surface area contributed by atoms with E-state index in [1.165, 1.54) is 69.4 Å². The molecule has 0 bridgehead atoms. The number of hydrogen-bond acceptors (Lipinski definition) is 11. The van der Waals surface area contributed by atoms with Gasteiger partial charge in [-0.1, -0.05) is 11.8 Å². The summed E-state index contributed by atoms with van der Waals surface area (Å²) in [6.07, 6.45) is 8.14. The molecule has 0 radical (unpaired) electrons. The molecule has 0 unspecified atom stereocenters. The zero-order valence-corrected chi connectivity index (χ0v) is 28.2. The Morgan fingerprint density at radius 1 is 0.760 bits per heavy atom. The first-order chi connectivity index (χ1) is 24.1. The third kappa shape index (κ3) is 7.90. The Morgan fingerprint density at radius 3 is 1.74 bits per heavy atom. The first kappa shape index (κ1) is 34.5. The van der Waals surface area contributed by atoms with Gasteiger partial charge in [0.1, 0.15) is 34.4 Å². The molecule has 2 N–H and O–H groups in total. The number of ether oxygens (including phenoxy) is 2. The summed E-state index contributed by atoms with van der Waals surface area (Å²) in [7, 11) is 3.25. The molecule has 50 heavy (non-hydrogen) atoms. The van der Waals surface area contributed by atoms with Gasteiger partial charge in [-0.25, -0.2) is 23.7 Å². The fourth-order valence-corrected chi connectivity index (χ4v) is 5.73. The molecule has 6 aromatic rings. The Bertz CT molecular complexity index is 2260. The largest absolute Gasteiger partial charge is 0.452 e. The highest BCUT2D eigenvalue weighted by molar-refractivity contribution is 7.98. The molecule has 1 saturated carbocycles. The second-order valence-electron chi connectivity index (χ2n) is 11.6. The van der Waals surface area contributed by atoms with Crippen molar-refractivity contribution in [3.8, 4) is 23.0 Å². The Hall–Kier alpha value is -5.41. The average molecular weight is 702 g/mol. The van der Waals surface area contributed by atoms with E-state index in [0.717, 1.165) is 25.7 Å². The zero-order chi connectivity index (χ0) is 35.4. The van der Waals surface area contributed by atoms with Gasteiger partial charge in [0.15, 0.2) is 16.7 Å². The smallest absolute Gasteiger partial charge is 0.294 e. The molecule has 0 spiro atoms. The number of aliphatic hydroxyl groups excluding tert-OH is 1. The monoisotopic (exact) mass is 701 g/mol. The van der Waals surface area contributed by atoms with E-state index in [2.05, 4.69) is 25.3 Å². The van der Waals surface area contributed by atoms with Crippen LogP contribution in [-0.4, -0.2) is 52.6 Å². The molecular weight excluding hydrogens is 668 g/mol. The van der Waals surface area contributed by atoms with E-state index in [4.69, 9.17) is 9.47 Å². The Balaban J connectivity index is 0.000000178. The van der Waals surface area contributed by atoms with Crippen molar-refractivity contribution in [3.63, 3.8) is 0 Å². The summed E-state index contributed by atoms with van der Waals surface area (Å²) in [5.74, 6) is 0.734. The summed E-state index contributed by atoms with van der Waals surface area (Å²) < 4.78 is 39.9. The summed E-state index contributed by atoms with van der Waals surface area (Å²) >= 11 is 1.40. The van der Waals surface area contributed by atoms with Gasteiger partial charge in [0.05, 0.1) is 6.10 Å². The van der Waals surface area contributed by atoms with Crippen molar-refractivity contribution in [2.24, 2.45) is 14.1 Å². The van der Waals surface area contributed by atoms with Crippen LogP contribution in [-0.2, 0) is 14.1 Å². The van der Waals surface area contributed by atoms with Crippen molar-refractivity contribution < 1.29 is 23.4 Å². The summed E-state index contributed by atoms with van der Waals surface area (Å²) in [6, 6.07) is 14.3. The molecular formula is C35H33F2N7O5S. The van der Waals surface area contributed by atoms with Crippen LogP contribution in [0.4, 0.5) is 14.7 Å². The predicted octanol–water partition coefficient (Wildman–Crippen LogP) is 5.96. The summed E-state index contributed by atoms with van der Waals surface area (Å²) in [6.45, 7) is 0. The molecule has 1 fully saturated rings. The number of aryl methyl sites for hydroxylation is 2. The second-order valence-corrected chi connectivity index (χ2v) is 12.4. The van der Waals surface area contributed by atoms with Crippen LogP contribution in [0.15, 0.2) is 87.8 Å². The van der Waals surface area contributed by atoms with Crippen LogP contribution < -0.4 is 25.9 Å². The van der Waals surface area contributed by atoms with Gasteiger partial charge in [-0.3, -0.25) is 18.7 Å². The van der Waals surface area contributed by atoms with E-state index in [1.54, 1.807) is 38.6 Å². The molecule has 1 aliphatic carbocycles. The van der Waals surface area contributed by atoms with Crippen LogP contribution in [0.2, 0.25) is 0 Å². The summed E-state index contributed by atoms with van der Waals surface area (Å²) in [4.78, 5) is 42.3. The van der Waals surface area contributed by atoms with E-state index in [0.29, 0.717) is 44.7 Å². The van der Waals surface area contributed by atoms with Crippen molar-refractivity contribution in [2.75, 3.05) is 11.6 Å². The predicted molar refractivity (Wildman–Crippen MR) is 186 cm³/mol. The molecule has 7 rings (SSSR count). The van der Waals surface area contributed by atoms with E-state index < -0.39 is 0 Å². The first-order valence-electron chi connectivity index (χ1n) is 15.7. The number of aromatic nitrogens is 6. The van der Waals surface area contributed by atoms with E-state index in [1.807, 2.05) is 6.26 Å². The number of thioether (sulfide) groups is 1. The van der Waals surface area contributed by atoms with Crippen molar-refractivity contribution in [2.45, 2.75) is 43.0 Å². The Morgan fingerprint density at radius 2 is 1.24 bits per heavy atom. The molecule has 2 aromatic carbocycles. The fourth-order valence-electron chi connectivity index (χ4n) is 5.39. The van der Waals surface area contributed by atoms with Gasteiger partial charge in [-0.15, -0.1) is 0 Å². The molecule has 1 aliphatic rings. The molecule has 0 aliphatic heterocycles. The van der Waals surface area contributed by atoms with Gasteiger partial charge in [0, 0.05) is 43.3 Å². The number of aliphatic hydroxyl groups is 1. The standard InChI is InChI=1S/C20H21FN4O3.C15H12FN3O2S/c1-25-18-12(10-17(19(25)27)28-16-8-2-13(21)3-9-16)11-22-20(24-18)23-14-4-6-15(26)7-5-14;1-19-13-9(8-17-15(18-13)22-2)7-12(14(19)20)21-11-5-3-10(16)4-6-11/h2-3,8-11,14-15,26H,4-7H2,1H3,(H,22,23,24);3-8H,1-2H3. The topological polar surface area (TPSA) is 146 Å². The second kappa shape index (κ2) is 15.0. The fraction of sp³-hybridized carbons (Fsp3) is 0.257. The number of fused-ring (bicyclic) bond motifs is 2. The lowest BCUT2D eigenvalue weighted by molar-refractivity contribution is 0.126. The number of anilines is 1. The lowest BCUT2D eigenvalue weighted by Crippen LogP contribution is -2.29. The highest BCUT2D eigenvalue weighted by Crippen LogP contribution is 2.25. The minimum absolute atomic E-state index is 0.118. The number of rotatable bonds is 7. The number of pyridine rings is 2. The minimum atomic E-state index is -0.375. The Labute approximate surface area is 288 Å². The van der Waals surface area contributed by atoms with E-state index in [9.17, 15) is 23.5 Å². The van der Waals surface area contributed by atoms with Crippen LogP contribution in [0, 0.1) is 11.6 Å². The minimum Gasteiger partial charge on any atom is -0.452 e. The number of halogens is 2. The molecule has 4 heterocycles. The number of benzene rings is 2. The summed E-state index contributed by atoms with van der Waals surface area (Å²) in [5.41, 5.74) is 0.366. The maximum Gasteiger partial charge on any atom is 0.294 e. The quantitative estimate of drug-likeness (QED) is 0.150. The molecule has 0 atom stereocenters. The van der Waals surface area contributed by atoms with Gasteiger partial charge in [-0.2, -0.15) is 4.98 Å². The Kier molecular flexibility index (Phi) is 10.3. The highest BCUT2D eigenvalue weighted by atomic mass is 32.2. The van der Waals surface area contributed by atoms with Crippen molar-refractivity contribution in [1.29, 1.82) is 0 Å². The summed E-state index contributed by atoms with van der Waals surface area (Å²) in [5, 5.41) is 14.8. The van der Waals surface area contributed by atoms with Gasteiger partial charge in [0.2, 0.25) is 5.95 Å². The molecule has 4 aromatic heterocycles. The average Bonchev–Trinajstić information content (AvgIpc) is 3.12. The maximum atomic E-state index is 13.0. The zero-order valence-electron chi connectivity index (χ0n) is 27.3. The van der Waals surface area contributed by atoms with Gasteiger partial charge >= 0.3 is 0 Å². The lowest BCUT2D eigenvalue weighted by Gasteiger charge is -2.26. The lowest BCUT2D eigenvalue weighted by atomic mass is 9.93. The molecule has 0 amide bonds. The highest BCUT2D eigenvalue weighted by Gasteiger charge is 2.20. The maximum absolute atomic E-state index is 13.0. The third-order valence-corrected chi connectivity index (χ3v) is 8.67. The van der Waals surface area contributed by atoms with Crippen LogP contribution in [0.25, 0.3) is 22.1 Å². The van der Waals surface area contributed by atoms with Crippen LogP contribution >= 0.6 is 11.8 Å². The number of nitrogens with one attached hydrogen (secondary N) is 1. The SMILES string of the molecule is CSc1ncc2cc(Oc3ccc(F)cc3)c(=O)n(C)c2n1.Cn1c(=O)c(Oc2ccc(F)cc2)cc2cnc(NC3CCC(O)CC3)nc21. The van der Waals surface area contributed by atoms with Crippen molar-refractivity contribution >= 4 is 39.8 Å². The number of nitrogens with zero attached hydrogens (tertiary/aromatic N) is 6. The van der Waals surface area contributed by atoms with Gasteiger partial charge in [0.25, 0.3) is 11.1 Å². The van der Waals surface area contributed by atoms with Crippen molar-refractivity contribution in [1.82, 2.24) is 29.1 Å². The third-order valence-electron chi connectivity index (χ3n) is 8.10. The molecule has 258 valence electrons. The van der Waals surface area contributed by atoms with Crippen LogP contribution in [0.5, 0.6) is 23.0 Å². The van der Waals surface area contributed by atoms with Crippen molar-refractivity contribution in [3.05, 3.63) is 105 Å². The van der Waals surface area contributed by atoms with Gasteiger partial charge < -0.3 is 19.9 Å². The molecule has 15 heteroatoms. The molecule has 12 nitrogen and oxygen atoms in total.